The lowest BCUT2D eigenvalue weighted by molar-refractivity contribution is 0.00578. The Labute approximate surface area is 146 Å². The van der Waals surface area contributed by atoms with E-state index >= 15 is 0 Å². The zero-order chi connectivity index (χ0) is 18.0. The molecule has 0 atom stereocenters. The summed E-state index contributed by atoms with van der Waals surface area (Å²) >= 11 is 0. The quantitative estimate of drug-likeness (QED) is 0.547. The molecule has 24 heavy (non-hydrogen) atoms. The van der Waals surface area contributed by atoms with Crippen LogP contribution in [0.15, 0.2) is 25.3 Å². The third-order valence-corrected chi connectivity index (χ3v) is 4.88. The van der Waals surface area contributed by atoms with Gasteiger partial charge in [0.05, 0.1) is 17.8 Å². The van der Waals surface area contributed by atoms with Crippen molar-refractivity contribution in [3.05, 3.63) is 36.4 Å². The van der Waals surface area contributed by atoms with Gasteiger partial charge in [-0.1, -0.05) is 50.8 Å². The fraction of sp³-hybridized carbons (Fsp3) is 0.500. The average molecular weight is 328 g/mol. The van der Waals surface area contributed by atoms with Gasteiger partial charge in [-0.3, -0.25) is 0 Å². The van der Waals surface area contributed by atoms with Gasteiger partial charge in [-0.25, -0.2) is 0 Å². The van der Waals surface area contributed by atoms with Crippen molar-refractivity contribution in [3.8, 4) is 5.75 Å². The van der Waals surface area contributed by atoms with Gasteiger partial charge < -0.3 is 14.0 Å². The Kier molecular flexibility index (Phi) is 5.61. The lowest BCUT2D eigenvalue weighted by Crippen LogP contribution is -2.41. The maximum Gasteiger partial charge on any atom is 0.494 e. The largest absolute Gasteiger partial charge is 0.494 e. The minimum Gasteiger partial charge on any atom is -0.492 e. The van der Waals surface area contributed by atoms with Crippen LogP contribution < -0.4 is 10.2 Å². The van der Waals surface area contributed by atoms with Crippen LogP contribution in [0, 0.1) is 0 Å². The zero-order valence-electron chi connectivity index (χ0n) is 15.6. The molecule has 4 heteroatoms. The fourth-order valence-electron chi connectivity index (χ4n) is 2.60. The van der Waals surface area contributed by atoms with E-state index in [0.29, 0.717) is 6.61 Å². The molecular formula is C20H29BO3. The molecule has 1 aromatic carbocycles. The molecule has 0 amide bonds. The average Bonchev–Trinajstić information content (AvgIpc) is 2.75. The molecule has 0 unspecified atom stereocenters. The molecule has 0 spiro atoms. The number of ether oxygens (including phenoxy) is 1. The topological polar surface area (TPSA) is 27.7 Å². The molecular weight excluding hydrogens is 299 g/mol. The van der Waals surface area contributed by atoms with Gasteiger partial charge in [-0.15, -0.1) is 0 Å². The molecule has 0 aromatic heterocycles. The molecule has 1 fully saturated rings. The van der Waals surface area contributed by atoms with Gasteiger partial charge in [0.15, 0.2) is 0 Å². The van der Waals surface area contributed by atoms with Gasteiger partial charge >= 0.3 is 7.12 Å². The van der Waals surface area contributed by atoms with Crippen molar-refractivity contribution in [1.82, 2.24) is 0 Å². The predicted octanol–water partition coefficient (Wildman–Crippen LogP) is 4.45. The van der Waals surface area contributed by atoms with Gasteiger partial charge in [0.2, 0.25) is 0 Å². The van der Waals surface area contributed by atoms with Crippen LogP contribution in [-0.2, 0) is 9.31 Å². The Balaban J connectivity index is 2.36. The molecule has 0 bridgehead atoms. The van der Waals surface area contributed by atoms with Crippen molar-refractivity contribution in [1.29, 1.82) is 0 Å². The Morgan fingerprint density at radius 1 is 1.04 bits per heavy atom. The van der Waals surface area contributed by atoms with E-state index in [9.17, 15) is 0 Å². The van der Waals surface area contributed by atoms with Crippen molar-refractivity contribution < 1.29 is 14.0 Å². The van der Waals surface area contributed by atoms with E-state index in [2.05, 4.69) is 47.8 Å². The highest BCUT2D eigenvalue weighted by molar-refractivity contribution is 6.62. The summed E-state index contributed by atoms with van der Waals surface area (Å²) in [6.45, 7) is 18.9. The summed E-state index contributed by atoms with van der Waals surface area (Å²) in [5.74, 6) is 0.828. The Bertz CT molecular complexity index is 574. The molecule has 1 aliphatic rings. The maximum absolute atomic E-state index is 6.16. The van der Waals surface area contributed by atoms with Crippen LogP contribution in [0.5, 0.6) is 5.75 Å². The number of benzene rings is 1. The Morgan fingerprint density at radius 3 is 1.96 bits per heavy atom. The normalized spacial score (nSPS) is 18.5. The van der Waals surface area contributed by atoms with Crippen LogP contribution >= 0.6 is 0 Å². The maximum atomic E-state index is 6.16. The summed E-state index contributed by atoms with van der Waals surface area (Å²) in [6, 6.07) is 4.06. The van der Waals surface area contributed by atoms with E-state index in [0.717, 1.165) is 35.2 Å². The number of rotatable bonds is 7. The molecule has 0 radical (unpaired) electrons. The molecule has 130 valence electrons. The first-order valence-electron chi connectivity index (χ1n) is 8.67. The molecule has 0 aliphatic carbocycles. The van der Waals surface area contributed by atoms with Gasteiger partial charge in [-0.05, 0) is 39.6 Å². The van der Waals surface area contributed by atoms with E-state index in [4.69, 9.17) is 14.0 Å². The summed E-state index contributed by atoms with van der Waals surface area (Å²) in [7, 11) is -0.405. The number of unbranched alkanes of at least 4 members (excludes halogenated alkanes) is 1. The number of hydrogen-bond donors (Lipinski definition) is 0. The van der Waals surface area contributed by atoms with Gasteiger partial charge in [0.1, 0.15) is 5.75 Å². The molecule has 3 nitrogen and oxygen atoms in total. The van der Waals surface area contributed by atoms with Crippen LogP contribution in [0.3, 0.4) is 0 Å². The molecule has 1 saturated heterocycles. The SMILES string of the molecule is C=Cc1cc(B2OC(C)(C)C(C)(C)O2)cc(C=C)c1OCCCC. The van der Waals surface area contributed by atoms with E-state index in [1.165, 1.54) is 0 Å². The summed E-state index contributed by atoms with van der Waals surface area (Å²) in [6.07, 6.45) is 5.73. The summed E-state index contributed by atoms with van der Waals surface area (Å²) in [4.78, 5) is 0. The molecule has 0 N–H and O–H groups in total. The highest BCUT2D eigenvalue weighted by atomic mass is 16.7. The van der Waals surface area contributed by atoms with Gasteiger partial charge in [-0.2, -0.15) is 0 Å². The lowest BCUT2D eigenvalue weighted by atomic mass is 9.77. The second-order valence-electron chi connectivity index (χ2n) is 7.23. The molecule has 0 saturated carbocycles. The van der Waals surface area contributed by atoms with Crippen LogP contribution in [0.25, 0.3) is 12.2 Å². The molecule has 2 rings (SSSR count). The minimum absolute atomic E-state index is 0.364. The van der Waals surface area contributed by atoms with Crippen molar-refractivity contribution in [2.24, 2.45) is 0 Å². The standard InChI is InChI=1S/C20H29BO3/c1-8-11-12-22-18-15(9-2)13-17(14-16(18)10-3)21-23-19(4,5)20(6,7)24-21/h9-10,13-14H,2-3,8,11-12H2,1,4-7H3. The molecule has 1 aliphatic heterocycles. The van der Waals surface area contributed by atoms with E-state index in [1.807, 2.05) is 24.3 Å². The molecule has 1 heterocycles. The number of hydrogen-bond acceptors (Lipinski definition) is 3. The van der Waals surface area contributed by atoms with Gasteiger partial charge in [0, 0.05) is 11.1 Å². The van der Waals surface area contributed by atoms with Crippen LogP contribution in [0.2, 0.25) is 0 Å². The third kappa shape index (κ3) is 3.60. The first-order chi connectivity index (χ1) is 11.3. The van der Waals surface area contributed by atoms with Gasteiger partial charge in [0.25, 0.3) is 0 Å². The molecule has 1 aromatic rings. The Hall–Kier alpha value is -1.52. The zero-order valence-corrected chi connectivity index (χ0v) is 15.6. The second kappa shape index (κ2) is 7.16. The monoisotopic (exact) mass is 328 g/mol. The van der Waals surface area contributed by atoms with Crippen molar-refractivity contribution in [2.45, 2.75) is 58.7 Å². The third-order valence-electron chi connectivity index (χ3n) is 4.88. The van der Waals surface area contributed by atoms with E-state index in [-0.39, 0.29) is 11.2 Å². The summed E-state index contributed by atoms with van der Waals surface area (Å²) in [5.41, 5.74) is 2.11. The predicted molar refractivity (Wildman–Crippen MR) is 103 cm³/mol. The second-order valence-corrected chi connectivity index (χ2v) is 7.23. The first-order valence-corrected chi connectivity index (χ1v) is 8.67. The summed E-state index contributed by atoms with van der Waals surface area (Å²) < 4.78 is 18.3. The Morgan fingerprint density at radius 2 is 1.54 bits per heavy atom. The minimum atomic E-state index is -0.405. The van der Waals surface area contributed by atoms with Crippen molar-refractivity contribution in [2.75, 3.05) is 6.61 Å². The van der Waals surface area contributed by atoms with Crippen LogP contribution in [0.4, 0.5) is 0 Å². The lowest BCUT2D eigenvalue weighted by Gasteiger charge is -2.32. The fourth-order valence-corrected chi connectivity index (χ4v) is 2.60. The smallest absolute Gasteiger partial charge is 0.492 e. The van der Waals surface area contributed by atoms with Crippen molar-refractivity contribution in [3.63, 3.8) is 0 Å². The first kappa shape index (κ1) is 18.8. The highest BCUT2D eigenvalue weighted by Gasteiger charge is 2.51. The van der Waals surface area contributed by atoms with E-state index in [1.54, 1.807) is 0 Å². The van der Waals surface area contributed by atoms with Crippen LogP contribution in [0.1, 0.15) is 58.6 Å². The van der Waals surface area contributed by atoms with Crippen molar-refractivity contribution >= 4 is 24.7 Å². The van der Waals surface area contributed by atoms with E-state index < -0.39 is 7.12 Å². The summed E-state index contributed by atoms with van der Waals surface area (Å²) in [5, 5.41) is 0. The van der Waals surface area contributed by atoms with Crippen LogP contribution in [-0.4, -0.2) is 24.9 Å². The highest BCUT2D eigenvalue weighted by Crippen LogP contribution is 2.37.